The molecule has 2 aromatic heterocycles. The van der Waals surface area contributed by atoms with E-state index in [-0.39, 0.29) is 0 Å². The Hall–Kier alpha value is -1.68. The number of H-pyrrole nitrogens is 1. The summed E-state index contributed by atoms with van der Waals surface area (Å²) in [6.07, 6.45) is 4.92. The molecule has 88 valence electrons. The minimum absolute atomic E-state index is 0.934. The first kappa shape index (κ1) is 10.5. The van der Waals surface area contributed by atoms with Crippen molar-refractivity contribution >= 4 is 16.6 Å². The zero-order valence-corrected chi connectivity index (χ0v) is 10.2. The number of hydrogen-bond acceptors (Lipinski definition) is 3. The molecule has 0 fully saturated rings. The zero-order valence-electron chi connectivity index (χ0n) is 10.2. The molecule has 17 heavy (non-hydrogen) atoms. The van der Waals surface area contributed by atoms with Gasteiger partial charge in [0.05, 0.1) is 5.69 Å². The van der Waals surface area contributed by atoms with Crippen molar-refractivity contribution in [1.29, 1.82) is 0 Å². The van der Waals surface area contributed by atoms with Gasteiger partial charge in [-0.05, 0) is 37.9 Å². The molecule has 0 bridgehead atoms. The lowest BCUT2D eigenvalue weighted by molar-refractivity contribution is 0.737. The minimum Gasteiger partial charge on any atom is -0.343 e. The van der Waals surface area contributed by atoms with Crippen LogP contribution in [0.4, 0.5) is 0 Å². The van der Waals surface area contributed by atoms with E-state index in [0.717, 1.165) is 30.9 Å². The SMILES string of the molecule is Cc1[nH]c2ncnc(C3=CCNCC3)c2c1C. The topological polar surface area (TPSA) is 53.6 Å². The Morgan fingerprint density at radius 1 is 1.24 bits per heavy atom. The Kier molecular flexibility index (Phi) is 2.44. The van der Waals surface area contributed by atoms with Crippen LogP contribution in [0.2, 0.25) is 0 Å². The summed E-state index contributed by atoms with van der Waals surface area (Å²) >= 11 is 0. The molecule has 0 spiro atoms. The predicted octanol–water partition coefficient (Wildman–Crippen LogP) is 1.95. The van der Waals surface area contributed by atoms with Crippen LogP contribution in [-0.2, 0) is 0 Å². The molecule has 1 aliphatic heterocycles. The number of fused-ring (bicyclic) bond motifs is 1. The molecule has 0 amide bonds. The lowest BCUT2D eigenvalue weighted by atomic mass is 10.0. The van der Waals surface area contributed by atoms with Gasteiger partial charge in [-0.1, -0.05) is 6.08 Å². The third kappa shape index (κ3) is 1.65. The number of aromatic amines is 1. The molecule has 1 aliphatic rings. The van der Waals surface area contributed by atoms with Gasteiger partial charge in [-0.15, -0.1) is 0 Å². The molecule has 0 aromatic carbocycles. The number of aryl methyl sites for hydroxylation is 2. The van der Waals surface area contributed by atoms with Crippen LogP contribution in [0, 0.1) is 13.8 Å². The van der Waals surface area contributed by atoms with Gasteiger partial charge in [-0.25, -0.2) is 9.97 Å². The van der Waals surface area contributed by atoms with Crippen molar-refractivity contribution in [2.75, 3.05) is 13.1 Å². The van der Waals surface area contributed by atoms with Gasteiger partial charge in [0.1, 0.15) is 12.0 Å². The number of nitrogens with zero attached hydrogens (tertiary/aromatic N) is 2. The van der Waals surface area contributed by atoms with Crippen LogP contribution in [-0.4, -0.2) is 28.0 Å². The third-order valence-electron chi connectivity index (χ3n) is 3.46. The molecule has 0 aliphatic carbocycles. The summed E-state index contributed by atoms with van der Waals surface area (Å²) in [5.74, 6) is 0. The van der Waals surface area contributed by atoms with E-state index in [4.69, 9.17) is 0 Å². The summed E-state index contributed by atoms with van der Waals surface area (Å²) in [5, 5.41) is 4.50. The lowest BCUT2D eigenvalue weighted by Gasteiger charge is -2.14. The highest BCUT2D eigenvalue weighted by atomic mass is 14.9. The van der Waals surface area contributed by atoms with Gasteiger partial charge in [-0.2, -0.15) is 0 Å². The summed E-state index contributed by atoms with van der Waals surface area (Å²) in [6, 6.07) is 0. The fraction of sp³-hybridized carbons (Fsp3) is 0.385. The summed E-state index contributed by atoms with van der Waals surface area (Å²) < 4.78 is 0. The van der Waals surface area contributed by atoms with E-state index >= 15 is 0 Å². The second-order valence-electron chi connectivity index (χ2n) is 4.50. The van der Waals surface area contributed by atoms with Gasteiger partial charge in [0.25, 0.3) is 0 Å². The first-order valence-electron chi connectivity index (χ1n) is 5.97. The third-order valence-corrected chi connectivity index (χ3v) is 3.46. The maximum atomic E-state index is 4.48. The molecule has 0 atom stereocenters. The van der Waals surface area contributed by atoms with Crippen LogP contribution in [0.5, 0.6) is 0 Å². The summed E-state index contributed by atoms with van der Waals surface area (Å²) in [4.78, 5) is 12.1. The van der Waals surface area contributed by atoms with Crippen LogP contribution in [0.25, 0.3) is 16.6 Å². The van der Waals surface area contributed by atoms with Crippen LogP contribution < -0.4 is 5.32 Å². The van der Waals surface area contributed by atoms with Gasteiger partial charge in [0, 0.05) is 17.6 Å². The molecule has 0 radical (unpaired) electrons. The van der Waals surface area contributed by atoms with Crippen LogP contribution >= 0.6 is 0 Å². The van der Waals surface area contributed by atoms with Crippen molar-refractivity contribution in [3.63, 3.8) is 0 Å². The Balaban J connectivity index is 2.25. The highest BCUT2D eigenvalue weighted by Gasteiger charge is 2.15. The largest absolute Gasteiger partial charge is 0.343 e. The van der Waals surface area contributed by atoms with E-state index in [1.165, 1.54) is 22.2 Å². The molecule has 0 saturated heterocycles. The van der Waals surface area contributed by atoms with Gasteiger partial charge < -0.3 is 10.3 Å². The van der Waals surface area contributed by atoms with E-state index in [2.05, 4.69) is 40.2 Å². The number of nitrogens with one attached hydrogen (secondary N) is 2. The van der Waals surface area contributed by atoms with Crippen molar-refractivity contribution in [3.05, 3.63) is 29.4 Å². The molecule has 4 heteroatoms. The Labute approximate surface area is 100 Å². The number of hydrogen-bond donors (Lipinski definition) is 2. The number of rotatable bonds is 1. The average molecular weight is 228 g/mol. The standard InChI is InChI=1S/C13H16N4/c1-8-9(2)17-13-11(8)12(15-7-16-13)10-3-5-14-6-4-10/h3,7,14H,4-6H2,1-2H3,(H,15,16,17). The van der Waals surface area contributed by atoms with E-state index in [0.29, 0.717) is 0 Å². The minimum atomic E-state index is 0.934. The van der Waals surface area contributed by atoms with Crippen molar-refractivity contribution in [2.45, 2.75) is 20.3 Å². The quantitative estimate of drug-likeness (QED) is 0.784. The molecule has 2 N–H and O–H groups in total. The number of aromatic nitrogens is 3. The van der Waals surface area contributed by atoms with Crippen LogP contribution in [0.3, 0.4) is 0 Å². The summed E-state index contributed by atoms with van der Waals surface area (Å²) in [7, 11) is 0. The molecule has 0 saturated carbocycles. The second kappa shape index (κ2) is 3.96. The van der Waals surface area contributed by atoms with Crippen molar-refractivity contribution in [2.24, 2.45) is 0 Å². The molecular weight excluding hydrogens is 212 g/mol. The fourth-order valence-electron chi connectivity index (χ4n) is 2.38. The molecule has 0 unspecified atom stereocenters. The Bertz CT molecular complexity index is 595. The highest BCUT2D eigenvalue weighted by molar-refractivity contribution is 5.91. The highest BCUT2D eigenvalue weighted by Crippen LogP contribution is 2.28. The van der Waals surface area contributed by atoms with E-state index < -0.39 is 0 Å². The maximum Gasteiger partial charge on any atom is 0.141 e. The first-order valence-corrected chi connectivity index (χ1v) is 5.97. The average Bonchev–Trinajstić information content (AvgIpc) is 2.66. The Morgan fingerprint density at radius 3 is 2.88 bits per heavy atom. The molecular formula is C13H16N4. The van der Waals surface area contributed by atoms with E-state index in [1.54, 1.807) is 6.33 Å². The fourth-order valence-corrected chi connectivity index (χ4v) is 2.38. The molecule has 3 rings (SSSR count). The lowest BCUT2D eigenvalue weighted by Crippen LogP contribution is -2.20. The van der Waals surface area contributed by atoms with Crippen molar-refractivity contribution in [1.82, 2.24) is 20.3 Å². The normalized spacial score (nSPS) is 16.2. The van der Waals surface area contributed by atoms with Gasteiger partial charge >= 0.3 is 0 Å². The van der Waals surface area contributed by atoms with E-state index in [1.807, 2.05) is 0 Å². The van der Waals surface area contributed by atoms with Gasteiger partial charge in [-0.3, -0.25) is 0 Å². The van der Waals surface area contributed by atoms with Crippen LogP contribution in [0.1, 0.15) is 23.4 Å². The molecule has 4 nitrogen and oxygen atoms in total. The zero-order chi connectivity index (χ0) is 11.8. The van der Waals surface area contributed by atoms with Gasteiger partial charge in [0.15, 0.2) is 0 Å². The van der Waals surface area contributed by atoms with Gasteiger partial charge in [0.2, 0.25) is 0 Å². The van der Waals surface area contributed by atoms with Crippen molar-refractivity contribution < 1.29 is 0 Å². The molecule has 2 aromatic rings. The smallest absolute Gasteiger partial charge is 0.141 e. The monoisotopic (exact) mass is 228 g/mol. The Morgan fingerprint density at radius 2 is 2.12 bits per heavy atom. The molecule has 3 heterocycles. The van der Waals surface area contributed by atoms with Crippen LogP contribution in [0.15, 0.2) is 12.4 Å². The first-order chi connectivity index (χ1) is 8.27. The predicted molar refractivity (Wildman–Crippen MR) is 68.8 cm³/mol. The summed E-state index contributed by atoms with van der Waals surface area (Å²) in [6.45, 7) is 6.17. The summed E-state index contributed by atoms with van der Waals surface area (Å²) in [5.41, 5.74) is 5.81. The second-order valence-corrected chi connectivity index (χ2v) is 4.50. The van der Waals surface area contributed by atoms with E-state index in [9.17, 15) is 0 Å². The van der Waals surface area contributed by atoms with Crippen molar-refractivity contribution in [3.8, 4) is 0 Å². The maximum absolute atomic E-state index is 4.48.